The first-order valence-corrected chi connectivity index (χ1v) is 7.62. The molecule has 0 saturated heterocycles. The van der Waals surface area contributed by atoms with Crippen LogP contribution < -0.4 is 0 Å². The third-order valence-electron chi connectivity index (χ3n) is 4.05. The summed E-state index contributed by atoms with van der Waals surface area (Å²) in [6.07, 6.45) is 1.89. The van der Waals surface area contributed by atoms with Crippen LogP contribution in [0.15, 0.2) is 47.1 Å². The van der Waals surface area contributed by atoms with E-state index in [1.807, 2.05) is 37.3 Å². The Kier molecular flexibility index (Phi) is 3.87. The molecule has 2 aromatic carbocycles. The van der Waals surface area contributed by atoms with Crippen LogP contribution in [0, 0.1) is 27.7 Å². The van der Waals surface area contributed by atoms with Gasteiger partial charge in [-0.25, -0.2) is 4.79 Å². The van der Waals surface area contributed by atoms with Crippen molar-refractivity contribution >= 4 is 17.8 Å². The summed E-state index contributed by atoms with van der Waals surface area (Å²) in [4.78, 5) is 17.0. The van der Waals surface area contributed by atoms with Crippen LogP contribution >= 0.6 is 0 Å². The summed E-state index contributed by atoms with van der Waals surface area (Å²) < 4.78 is 0. The standard InChI is InChI=1S/C20H19NO2/c1-12-5-7-16(8-6-12)19-18(20(22)23-21-19)11-17-14(3)9-13(2)10-15(17)4/h5-11H,1-4H3. The minimum Gasteiger partial charge on any atom is -0.312 e. The molecule has 0 radical (unpaired) electrons. The van der Waals surface area contributed by atoms with Crippen LogP contribution in [0.4, 0.5) is 0 Å². The van der Waals surface area contributed by atoms with Gasteiger partial charge in [-0.1, -0.05) is 52.7 Å². The second kappa shape index (κ2) is 5.84. The minimum atomic E-state index is -0.403. The molecular formula is C20H19NO2. The van der Waals surface area contributed by atoms with E-state index >= 15 is 0 Å². The highest BCUT2D eigenvalue weighted by atomic mass is 16.7. The topological polar surface area (TPSA) is 38.7 Å². The highest BCUT2D eigenvalue weighted by Gasteiger charge is 2.27. The summed E-state index contributed by atoms with van der Waals surface area (Å²) in [5.74, 6) is -0.403. The van der Waals surface area contributed by atoms with Gasteiger partial charge in [-0.3, -0.25) is 0 Å². The molecule has 0 atom stereocenters. The monoisotopic (exact) mass is 305 g/mol. The Morgan fingerprint density at radius 1 is 0.913 bits per heavy atom. The number of carbonyl (C=O) groups is 1. The second-order valence-electron chi connectivity index (χ2n) is 6.06. The smallest absolute Gasteiger partial charge is 0.312 e. The molecule has 0 spiro atoms. The average Bonchev–Trinajstić information content (AvgIpc) is 2.85. The number of benzene rings is 2. The van der Waals surface area contributed by atoms with Crippen molar-refractivity contribution in [2.75, 3.05) is 0 Å². The van der Waals surface area contributed by atoms with Crippen LogP contribution in [-0.2, 0) is 9.63 Å². The third-order valence-corrected chi connectivity index (χ3v) is 4.05. The zero-order chi connectivity index (χ0) is 16.6. The largest absolute Gasteiger partial charge is 0.368 e. The quantitative estimate of drug-likeness (QED) is 0.614. The number of oxime groups is 1. The van der Waals surface area contributed by atoms with Gasteiger partial charge in [0, 0.05) is 5.56 Å². The molecule has 0 unspecified atom stereocenters. The maximum absolute atomic E-state index is 12.1. The third kappa shape index (κ3) is 2.95. The minimum absolute atomic E-state index is 0.403. The highest BCUT2D eigenvalue weighted by Crippen LogP contribution is 2.25. The number of carbonyl (C=O) groups excluding carboxylic acids is 1. The van der Waals surface area contributed by atoms with Crippen LogP contribution in [0.3, 0.4) is 0 Å². The fourth-order valence-electron chi connectivity index (χ4n) is 2.89. The maximum Gasteiger partial charge on any atom is 0.368 e. The molecule has 0 amide bonds. The van der Waals surface area contributed by atoms with E-state index in [0.717, 1.165) is 27.8 Å². The first kappa shape index (κ1) is 15.2. The van der Waals surface area contributed by atoms with Gasteiger partial charge in [0.25, 0.3) is 0 Å². The molecule has 0 N–H and O–H groups in total. The van der Waals surface area contributed by atoms with Gasteiger partial charge < -0.3 is 4.84 Å². The van der Waals surface area contributed by atoms with Gasteiger partial charge in [-0.15, -0.1) is 0 Å². The first-order valence-electron chi connectivity index (χ1n) is 7.62. The Balaban J connectivity index is 2.08. The molecule has 0 saturated carbocycles. The molecule has 3 heteroatoms. The summed E-state index contributed by atoms with van der Waals surface area (Å²) in [7, 11) is 0. The van der Waals surface area contributed by atoms with Crippen LogP contribution in [-0.4, -0.2) is 11.7 Å². The predicted molar refractivity (Wildman–Crippen MR) is 92.4 cm³/mol. The van der Waals surface area contributed by atoms with Crippen LogP contribution in [0.25, 0.3) is 6.08 Å². The summed E-state index contributed by atoms with van der Waals surface area (Å²) in [5, 5.41) is 3.97. The molecule has 0 aromatic heterocycles. The Labute approximate surface area is 136 Å². The summed E-state index contributed by atoms with van der Waals surface area (Å²) in [6, 6.07) is 12.1. The second-order valence-corrected chi connectivity index (χ2v) is 6.06. The zero-order valence-corrected chi connectivity index (χ0v) is 13.8. The van der Waals surface area contributed by atoms with Crippen molar-refractivity contribution in [3.05, 3.63) is 75.4 Å². The highest BCUT2D eigenvalue weighted by molar-refractivity contribution is 6.31. The lowest BCUT2D eigenvalue weighted by Gasteiger charge is -2.08. The molecule has 23 heavy (non-hydrogen) atoms. The SMILES string of the molecule is Cc1ccc(C2=NOC(=O)C2=Cc2c(C)cc(C)cc2C)cc1. The van der Waals surface area contributed by atoms with E-state index in [9.17, 15) is 4.79 Å². The van der Waals surface area contributed by atoms with E-state index in [-0.39, 0.29) is 0 Å². The van der Waals surface area contributed by atoms with Gasteiger partial charge in [0.2, 0.25) is 0 Å². The van der Waals surface area contributed by atoms with Crippen molar-refractivity contribution in [3.63, 3.8) is 0 Å². The van der Waals surface area contributed by atoms with Gasteiger partial charge in [0.15, 0.2) is 0 Å². The Hall–Kier alpha value is -2.68. The molecule has 3 nitrogen and oxygen atoms in total. The van der Waals surface area contributed by atoms with Crippen molar-refractivity contribution < 1.29 is 9.63 Å². The summed E-state index contributed by atoms with van der Waals surface area (Å²) in [6.45, 7) is 8.20. The lowest BCUT2D eigenvalue weighted by Crippen LogP contribution is -2.07. The fraction of sp³-hybridized carbons (Fsp3) is 0.200. The number of nitrogens with zero attached hydrogens (tertiary/aromatic N) is 1. The first-order chi connectivity index (χ1) is 11.0. The average molecular weight is 305 g/mol. The molecule has 0 bridgehead atoms. The van der Waals surface area contributed by atoms with Crippen molar-refractivity contribution in [1.82, 2.24) is 0 Å². The van der Waals surface area contributed by atoms with Crippen molar-refractivity contribution in [2.24, 2.45) is 5.16 Å². The Morgan fingerprint density at radius 3 is 2.13 bits per heavy atom. The number of aryl methyl sites for hydroxylation is 4. The lowest BCUT2D eigenvalue weighted by atomic mass is 9.95. The lowest BCUT2D eigenvalue weighted by molar-refractivity contribution is -0.136. The summed E-state index contributed by atoms with van der Waals surface area (Å²) >= 11 is 0. The fourth-order valence-corrected chi connectivity index (χ4v) is 2.89. The molecule has 1 aliphatic heterocycles. The normalized spacial score (nSPS) is 15.7. The predicted octanol–water partition coefficient (Wildman–Crippen LogP) is 4.26. The number of hydrogen-bond donors (Lipinski definition) is 0. The van der Waals surface area contributed by atoms with Crippen molar-refractivity contribution in [2.45, 2.75) is 27.7 Å². The van der Waals surface area contributed by atoms with Gasteiger partial charge in [0.1, 0.15) is 5.71 Å². The van der Waals surface area contributed by atoms with Crippen LogP contribution in [0.5, 0.6) is 0 Å². The van der Waals surface area contributed by atoms with E-state index < -0.39 is 5.97 Å². The maximum atomic E-state index is 12.1. The Morgan fingerprint density at radius 2 is 1.52 bits per heavy atom. The molecule has 3 rings (SSSR count). The van der Waals surface area contributed by atoms with Crippen molar-refractivity contribution in [1.29, 1.82) is 0 Å². The van der Waals surface area contributed by atoms with E-state index in [0.29, 0.717) is 11.3 Å². The number of hydrogen-bond acceptors (Lipinski definition) is 3. The Bertz CT molecular complexity index is 819. The number of rotatable bonds is 2. The van der Waals surface area contributed by atoms with Crippen molar-refractivity contribution in [3.8, 4) is 0 Å². The van der Waals surface area contributed by atoms with Crippen LogP contribution in [0.1, 0.15) is 33.4 Å². The molecular weight excluding hydrogens is 286 g/mol. The van der Waals surface area contributed by atoms with Gasteiger partial charge in [0.05, 0.1) is 5.57 Å². The van der Waals surface area contributed by atoms with Gasteiger partial charge in [-0.2, -0.15) is 0 Å². The van der Waals surface area contributed by atoms with E-state index in [1.165, 1.54) is 5.56 Å². The van der Waals surface area contributed by atoms with E-state index in [4.69, 9.17) is 4.84 Å². The van der Waals surface area contributed by atoms with E-state index in [2.05, 4.69) is 38.1 Å². The molecule has 116 valence electrons. The van der Waals surface area contributed by atoms with Gasteiger partial charge in [-0.05, 0) is 50.5 Å². The molecule has 1 aliphatic rings. The molecule has 0 fully saturated rings. The van der Waals surface area contributed by atoms with Crippen LogP contribution in [0.2, 0.25) is 0 Å². The molecule has 1 heterocycles. The molecule has 2 aromatic rings. The van der Waals surface area contributed by atoms with E-state index in [1.54, 1.807) is 0 Å². The zero-order valence-electron chi connectivity index (χ0n) is 13.8. The molecule has 0 aliphatic carbocycles. The summed E-state index contributed by atoms with van der Waals surface area (Å²) in [5.41, 5.74) is 7.67. The van der Waals surface area contributed by atoms with Gasteiger partial charge >= 0.3 is 5.97 Å².